The summed E-state index contributed by atoms with van der Waals surface area (Å²) in [6, 6.07) is 19.3. The third kappa shape index (κ3) is 7.55. The third-order valence-corrected chi connectivity index (χ3v) is 7.85. The van der Waals surface area contributed by atoms with E-state index in [0.717, 1.165) is 31.7 Å². The molecule has 0 spiro atoms. The van der Waals surface area contributed by atoms with E-state index in [1.807, 2.05) is 30.3 Å². The number of likely N-dealkylation sites (N-methyl/N-ethyl adjacent to an activating group) is 1. The lowest BCUT2D eigenvalue weighted by molar-refractivity contribution is -0.122. The molecule has 0 saturated carbocycles. The number of carbonyl (C=O) groups is 4. The van der Waals surface area contributed by atoms with Gasteiger partial charge in [0, 0.05) is 56.6 Å². The Balaban J connectivity index is 1.22. The van der Waals surface area contributed by atoms with Crippen LogP contribution in [-0.2, 0) is 14.4 Å². The number of piperazine rings is 1. The Morgan fingerprint density at radius 3 is 2.29 bits per heavy atom. The van der Waals surface area contributed by atoms with Crippen LogP contribution in [0.4, 0.5) is 11.4 Å². The Labute approximate surface area is 261 Å². The molecule has 1 saturated heterocycles. The van der Waals surface area contributed by atoms with Gasteiger partial charge < -0.3 is 21.1 Å². The maximum absolute atomic E-state index is 13.2. The molecule has 0 bridgehead atoms. The van der Waals surface area contributed by atoms with Crippen LogP contribution in [0.5, 0.6) is 0 Å². The molecule has 3 aromatic rings. The molecule has 234 valence electrons. The number of carboxylic acid groups (broad SMARTS) is 1. The summed E-state index contributed by atoms with van der Waals surface area (Å²) in [6.07, 6.45) is 0. The molecule has 0 radical (unpaired) electrons. The fraction of sp³-hybridized carbons (Fsp3) is 0.273. The Kier molecular flexibility index (Phi) is 9.88. The molecule has 3 amide bonds. The Bertz CT molecular complexity index is 1610. The molecule has 12 nitrogen and oxygen atoms in total. The van der Waals surface area contributed by atoms with Crippen LogP contribution in [0.3, 0.4) is 0 Å². The minimum Gasteiger partial charge on any atom is -0.478 e. The Morgan fingerprint density at radius 1 is 0.933 bits per heavy atom. The average Bonchev–Trinajstić information content (AvgIpc) is 3.36. The highest BCUT2D eigenvalue weighted by Crippen LogP contribution is 2.39. The lowest BCUT2D eigenvalue weighted by Crippen LogP contribution is -2.50. The van der Waals surface area contributed by atoms with Gasteiger partial charge in [0.2, 0.25) is 5.91 Å². The number of hydrogen-bond acceptors (Lipinski definition) is 8. The van der Waals surface area contributed by atoms with Crippen LogP contribution in [0, 0.1) is 6.92 Å². The van der Waals surface area contributed by atoms with Crippen molar-refractivity contribution in [3.8, 4) is 0 Å². The SMILES string of the molecule is CNC(=O)CN1CCN(CCONC(=O)c2ccc(N/C(=C3/C(=O)Nc4cc(C(=O)O)c(C)cc43)c3ccccc3)cc2)CC1. The zero-order valence-corrected chi connectivity index (χ0v) is 25.2. The minimum atomic E-state index is -1.06. The number of hydrogen-bond donors (Lipinski definition) is 5. The zero-order chi connectivity index (χ0) is 31.9. The van der Waals surface area contributed by atoms with Crippen molar-refractivity contribution in [2.24, 2.45) is 0 Å². The number of nitrogens with one attached hydrogen (secondary N) is 4. The lowest BCUT2D eigenvalue weighted by atomic mass is 9.96. The van der Waals surface area contributed by atoms with E-state index in [-0.39, 0.29) is 23.3 Å². The topological polar surface area (TPSA) is 152 Å². The van der Waals surface area contributed by atoms with Gasteiger partial charge in [0.25, 0.3) is 11.8 Å². The van der Waals surface area contributed by atoms with Gasteiger partial charge in [-0.1, -0.05) is 30.3 Å². The summed E-state index contributed by atoms with van der Waals surface area (Å²) in [6.45, 7) is 6.31. The first-order chi connectivity index (χ1) is 21.7. The zero-order valence-electron chi connectivity index (χ0n) is 25.2. The van der Waals surface area contributed by atoms with Gasteiger partial charge in [-0.25, -0.2) is 10.3 Å². The summed E-state index contributed by atoms with van der Waals surface area (Å²) in [4.78, 5) is 58.9. The van der Waals surface area contributed by atoms with Crippen LogP contribution in [-0.4, -0.2) is 91.5 Å². The largest absolute Gasteiger partial charge is 0.478 e. The van der Waals surface area contributed by atoms with Crippen molar-refractivity contribution >= 4 is 46.3 Å². The van der Waals surface area contributed by atoms with Gasteiger partial charge in [-0.3, -0.25) is 29.0 Å². The maximum atomic E-state index is 13.2. The van der Waals surface area contributed by atoms with Gasteiger partial charge >= 0.3 is 5.97 Å². The first kappa shape index (κ1) is 31.4. The molecule has 0 aromatic heterocycles. The molecule has 2 aliphatic heterocycles. The molecule has 1 fully saturated rings. The molecule has 12 heteroatoms. The predicted octanol–water partition coefficient (Wildman–Crippen LogP) is 2.65. The van der Waals surface area contributed by atoms with Crippen molar-refractivity contribution in [3.05, 3.63) is 94.5 Å². The molecular formula is C33H36N6O6. The second-order valence-corrected chi connectivity index (χ2v) is 10.9. The molecule has 45 heavy (non-hydrogen) atoms. The van der Waals surface area contributed by atoms with Gasteiger partial charge in [0.05, 0.1) is 35.7 Å². The Morgan fingerprint density at radius 2 is 1.62 bits per heavy atom. The molecule has 3 aromatic carbocycles. The van der Waals surface area contributed by atoms with Crippen molar-refractivity contribution in [2.75, 3.05) is 63.6 Å². The molecule has 0 unspecified atom stereocenters. The Hall–Kier alpha value is -5.04. The summed E-state index contributed by atoms with van der Waals surface area (Å²) in [5, 5.41) is 18.3. The maximum Gasteiger partial charge on any atom is 0.336 e. The van der Waals surface area contributed by atoms with Crippen molar-refractivity contribution in [1.82, 2.24) is 20.6 Å². The second kappa shape index (κ2) is 14.2. The molecule has 5 N–H and O–H groups in total. The summed E-state index contributed by atoms with van der Waals surface area (Å²) in [7, 11) is 1.63. The molecule has 0 aliphatic carbocycles. The van der Waals surface area contributed by atoms with E-state index in [9.17, 15) is 24.3 Å². The van der Waals surface area contributed by atoms with Crippen LogP contribution in [0.25, 0.3) is 11.3 Å². The van der Waals surface area contributed by atoms with E-state index < -0.39 is 5.97 Å². The highest BCUT2D eigenvalue weighted by atomic mass is 16.7. The average molecular weight is 613 g/mol. The second-order valence-electron chi connectivity index (χ2n) is 10.9. The first-order valence-corrected chi connectivity index (χ1v) is 14.7. The number of nitrogens with zero attached hydrogens (tertiary/aromatic N) is 2. The fourth-order valence-corrected chi connectivity index (χ4v) is 5.34. The minimum absolute atomic E-state index is 0.00615. The lowest BCUT2D eigenvalue weighted by Gasteiger charge is -2.33. The number of carboxylic acids is 1. The van der Waals surface area contributed by atoms with Gasteiger partial charge in [-0.2, -0.15) is 0 Å². The van der Waals surface area contributed by atoms with Crippen molar-refractivity contribution in [3.63, 3.8) is 0 Å². The van der Waals surface area contributed by atoms with Crippen LogP contribution < -0.4 is 21.4 Å². The van der Waals surface area contributed by atoms with Crippen molar-refractivity contribution in [1.29, 1.82) is 0 Å². The number of carbonyl (C=O) groups excluding carboxylic acids is 3. The summed E-state index contributed by atoms with van der Waals surface area (Å²) < 4.78 is 0. The summed E-state index contributed by atoms with van der Waals surface area (Å²) in [5.41, 5.74) is 6.94. The van der Waals surface area contributed by atoms with E-state index >= 15 is 0 Å². The third-order valence-electron chi connectivity index (χ3n) is 7.85. The van der Waals surface area contributed by atoms with Crippen LogP contribution in [0.2, 0.25) is 0 Å². The monoisotopic (exact) mass is 612 g/mol. The summed E-state index contributed by atoms with van der Waals surface area (Å²) >= 11 is 0. The molecule has 2 aliphatic rings. The van der Waals surface area contributed by atoms with E-state index in [2.05, 4.69) is 31.2 Å². The number of rotatable bonds is 11. The quantitative estimate of drug-likeness (QED) is 0.125. The molecule has 2 heterocycles. The highest BCUT2D eigenvalue weighted by Gasteiger charge is 2.30. The number of anilines is 2. The van der Waals surface area contributed by atoms with Crippen molar-refractivity contribution < 1.29 is 29.1 Å². The smallest absolute Gasteiger partial charge is 0.336 e. The normalized spacial score (nSPS) is 16.0. The number of benzene rings is 3. The molecular weight excluding hydrogens is 576 g/mol. The van der Waals surface area contributed by atoms with E-state index in [0.29, 0.717) is 59.0 Å². The van der Waals surface area contributed by atoms with Crippen LogP contribution >= 0.6 is 0 Å². The standard InChI is InChI=1S/C33H36N6O6/c1-21-18-26-27(19-25(21)33(43)44)36-32(42)29(26)30(22-6-4-3-5-7-22)35-24-10-8-23(9-11-24)31(41)37-45-17-16-38-12-14-39(15-13-38)20-28(40)34-2/h3-11,18-19,35H,12-17,20H2,1-2H3,(H,34,40)(H,36,42)(H,37,41)(H,43,44)/b30-29+. The van der Waals surface area contributed by atoms with E-state index in [1.165, 1.54) is 6.07 Å². The number of fused-ring (bicyclic) bond motifs is 1. The summed E-state index contributed by atoms with van der Waals surface area (Å²) in [5.74, 6) is -1.79. The van der Waals surface area contributed by atoms with Crippen molar-refractivity contribution in [2.45, 2.75) is 6.92 Å². The van der Waals surface area contributed by atoms with Gasteiger partial charge in [0.1, 0.15) is 0 Å². The molecule has 0 atom stereocenters. The first-order valence-electron chi connectivity index (χ1n) is 14.7. The highest BCUT2D eigenvalue weighted by molar-refractivity contribution is 6.37. The fourth-order valence-electron chi connectivity index (χ4n) is 5.34. The van der Waals surface area contributed by atoms with Crippen LogP contribution in [0.15, 0.2) is 66.7 Å². The molecule has 5 rings (SSSR count). The van der Waals surface area contributed by atoms with Crippen LogP contribution in [0.1, 0.15) is 37.4 Å². The van der Waals surface area contributed by atoms with Gasteiger partial charge in [0.15, 0.2) is 0 Å². The predicted molar refractivity (Wildman–Crippen MR) is 170 cm³/mol. The number of amides is 3. The number of aromatic carboxylic acids is 1. The van der Waals surface area contributed by atoms with Gasteiger partial charge in [-0.15, -0.1) is 0 Å². The van der Waals surface area contributed by atoms with E-state index in [1.54, 1.807) is 44.3 Å². The number of hydroxylamine groups is 1. The van der Waals surface area contributed by atoms with E-state index in [4.69, 9.17) is 4.84 Å². The van der Waals surface area contributed by atoms with Gasteiger partial charge in [-0.05, 0) is 54.4 Å². The number of aryl methyl sites for hydroxylation is 1.